The highest BCUT2D eigenvalue weighted by molar-refractivity contribution is 5.96. The van der Waals surface area contributed by atoms with Crippen LogP contribution in [-0.2, 0) is 9.53 Å². The fourth-order valence-electron chi connectivity index (χ4n) is 2.30. The number of hydrogen-bond donors (Lipinski definition) is 3. The van der Waals surface area contributed by atoms with E-state index >= 15 is 0 Å². The zero-order valence-corrected chi connectivity index (χ0v) is 14.0. The predicted octanol–water partition coefficient (Wildman–Crippen LogP) is 2.32. The predicted molar refractivity (Wildman–Crippen MR) is 96.5 cm³/mol. The van der Waals surface area contributed by atoms with Crippen LogP contribution < -0.4 is 11.1 Å². The number of methoxy groups -OCH3 is 1. The Hall–Kier alpha value is -3.15. The minimum Gasteiger partial charge on any atom is -0.469 e. The summed E-state index contributed by atoms with van der Waals surface area (Å²) in [6, 6.07) is 14.6. The van der Waals surface area contributed by atoms with E-state index in [1.54, 1.807) is 24.3 Å². The Balaban J connectivity index is 1.93. The summed E-state index contributed by atoms with van der Waals surface area (Å²) >= 11 is 0. The summed E-state index contributed by atoms with van der Waals surface area (Å²) in [6.45, 7) is 0.419. The van der Waals surface area contributed by atoms with E-state index in [2.05, 4.69) is 10.1 Å². The molecule has 0 bridgehead atoms. The second-order valence-electron chi connectivity index (χ2n) is 5.50. The normalized spacial score (nSPS) is 10.1. The SMILES string of the molecule is COC(=O)CCCNC(=O)c1ccc(-c2ccc(C(=N)N)cc2)cc1. The molecular weight excluding hydrogens is 318 g/mol. The van der Waals surface area contributed by atoms with Crippen LogP contribution in [-0.4, -0.2) is 31.4 Å². The van der Waals surface area contributed by atoms with Crippen molar-refractivity contribution in [3.8, 4) is 11.1 Å². The third-order valence-electron chi connectivity index (χ3n) is 3.75. The zero-order valence-electron chi connectivity index (χ0n) is 14.0. The summed E-state index contributed by atoms with van der Waals surface area (Å²) in [5.74, 6) is -0.427. The van der Waals surface area contributed by atoms with Crippen molar-refractivity contribution in [2.24, 2.45) is 5.73 Å². The summed E-state index contributed by atoms with van der Waals surface area (Å²) < 4.78 is 4.55. The smallest absolute Gasteiger partial charge is 0.305 e. The standard InChI is InChI=1S/C19H21N3O3/c1-25-17(23)3-2-12-22-19(24)16-10-6-14(7-11-16)13-4-8-15(9-5-13)18(20)21/h4-11H,2-3,12H2,1H3,(H3,20,21)(H,22,24). The van der Waals surface area contributed by atoms with Crippen LogP contribution >= 0.6 is 0 Å². The second-order valence-corrected chi connectivity index (χ2v) is 5.50. The van der Waals surface area contributed by atoms with Crippen molar-refractivity contribution in [2.45, 2.75) is 12.8 Å². The molecule has 2 rings (SSSR count). The molecule has 0 saturated carbocycles. The Kier molecular flexibility index (Phi) is 6.28. The van der Waals surface area contributed by atoms with Gasteiger partial charge in [0.05, 0.1) is 7.11 Å². The first kappa shape index (κ1) is 18.2. The minimum absolute atomic E-state index is 0.0331. The van der Waals surface area contributed by atoms with Gasteiger partial charge in [-0.25, -0.2) is 0 Å². The molecular formula is C19H21N3O3. The maximum atomic E-state index is 12.1. The van der Waals surface area contributed by atoms with E-state index < -0.39 is 0 Å². The fraction of sp³-hybridized carbons (Fsp3) is 0.211. The number of rotatable bonds is 7. The Morgan fingerprint density at radius 1 is 1.00 bits per heavy atom. The van der Waals surface area contributed by atoms with Gasteiger partial charge < -0.3 is 15.8 Å². The average molecular weight is 339 g/mol. The quantitative estimate of drug-likeness (QED) is 0.311. The highest BCUT2D eigenvalue weighted by Gasteiger charge is 2.07. The molecule has 0 aliphatic carbocycles. The van der Waals surface area contributed by atoms with Crippen LogP contribution in [0.4, 0.5) is 0 Å². The summed E-state index contributed by atoms with van der Waals surface area (Å²) in [5.41, 5.74) is 8.63. The number of benzene rings is 2. The average Bonchev–Trinajstić information content (AvgIpc) is 2.65. The third kappa shape index (κ3) is 5.17. The summed E-state index contributed by atoms with van der Waals surface area (Å²) in [5, 5.41) is 10.2. The lowest BCUT2D eigenvalue weighted by Gasteiger charge is -2.07. The molecule has 130 valence electrons. The molecule has 6 heteroatoms. The van der Waals surface area contributed by atoms with Crippen LogP contribution in [0.25, 0.3) is 11.1 Å². The molecule has 0 aromatic heterocycles. The second kappa shape index (κ2) is 8.63. The Bertz CT molecular complexity index is 752. The molecule has 0 radical (unpaired) electrons. The number of amides is 1. The van der Waals surface area contributed by atoms with Gasteiger partial charge in [-0.2, -0.15) is 0 Å². The zero-order chi connectivity index (χ0) is 18.2. The van der Waals surface area contributed by atoms with Gasteiger partial charge in [0.25, 0.3) is 5.91 Å². The summed E-state index contributed by atoms with van der Waals surface area (Å²) in [7, 11) is 1.34. The van der Waals surface area contributed by atoms with Gasteiger partial charge in [-0.05, 0) is 29.7 Å². The highest BCUT2D eigenvalue weighted by Crippen LogP contribution is 2.20. The van der Waals surface area contributed by atoms with Crippen LogP contribution in [0, 0.1) is 5.41 Å². The number of nitrogen functional groups attached to an aromatic ring is 1. The topological polar surface area (TPSA) is 105 Å². The molecule has 0 aliphatic rings. The van der Waals surface area contributed by atoms with Gasteiger partial charge in [-0.1, -0.05) is 36.4 Å². The molecule has 0 unspecified atom stereocenters. The molecule has 0 spiro atoms. The molecule has 0 atom stereocenters. The lowest BCUT2D eigenvalue weighted by atomic mass is 10.0. The van der Waals surface area contributed by atoms with Crippen LogP contribution in [0.2, 0.25) is 0 Å². The van der Waals surface area contributed by atoms with Crippen molar-refractivity contribution in [3.05, 3.63) is 59.7 Å². The fourth-order valence-corrected chi connectivity index (χ4v) is 2.30. The maximum Gasteiger partial charge on any atom is 0.305 e. The highest BCUT2D eigenvalue weighted by atomic mass is 16.5. The molecule has 4 N–H and O–H groups in total. The number of carbonyl (C=O) groups is 2. The molecule has 2 aromatic carbocycles. The number of ether oxygens (including phenoxy) is 1. The lowest BCUT2D eigenvalue weighted by Crippen LogP contribution is -2.24. The lowest BCUT2D eigenvalue weighted by molar-refractivity contribution is -0.140. The van der Waals surface area contributed by atoms with Gasteiger partial charge in [0, 0.05) is 24.1 Å². The van der Waals surface area contributed by atoms with Gasteiger partial charge in [0.2, 0.25) is 0 Å². The molecule has 0 aliphatic heterocycles. The Morgan fingerprint density at radius 2 is 1.52 bits per heavy atom. The third-order valence-corrected chi connectivity index (χ3v) is 3.75. The van der Waals surface area contributed by atoms with Gasteiger partial charge in [0.15, 0.2) is 0 Å². The largest absolute Gasteiger partial charge is 0.469 e. The molecule has 0 saturated heterocycles. The van der Waals surface area contributed by atoms with Crippen LogP contribution in [0.1, 0.15) is 28.8 Å². The molecule has 6 nitrogen and oxygen atoms in total. The maximum absolute atomic E-state index is 12.1. The van der Waals surface area contributed by atoms with Crippen molar-refractivity contribution in [1.29, 1.82) is 5.41 Å². The minimum atomic E-state index is -0.283. The van der Waals surface area contributed by atoms with E-state index in [0.717, 1.165) is 11.1 Å². The number of nitrogens with one attached hydrogen (secondary N) is 2. The van der Waals surface area contributed by atoms with Crippen molar-refractivity contribution in [1.82, 2.24) is 5.32 Å². The molecule has 0 heterocycles. The Morgan fingerprint density at radius 3 is 2.00 bits per heavy atom. The number of esters is 1. The monoisotopic (exact) mass is 339 g/mol. The van der Waals surface area contributed by atoms with Gasteiger partial charge >= 0.3 is 5.97 Å². The number of amidine groups is 1. The van der Waals surface area contributed by atoms with E-state index in [-0.39, 0.29) is 24.1 Å². The molecule has 0 fully saturated rings. The van der Waals surface area contributed by atoms with E-state index in [0.29, 0.717) is 24.1 Å². The van der Waals surface area contributed by atoms with E-state index in [4.69, 9.17) is 11.1 Å². The number of nitrogens with two attached hydrogens (primary N) is 1. The molecule has 2 aromatic rings. The first-order chi connectivity index (χ1) is 12.0. The first-order valence-corrected chi connectivity index (χ1v) is 7.91. The molecule has 25 heavy (non-hydrogen) atoms. The number of carbonyl (C=O) groups excluding carboxylic acids is 2. The van der Waals surface area contributed by atoms with E-state index in [9.17, 15) is 9.59 Å². The van der Waals surface area contributed by atoms with Crippen molar-refractivity contribution >= 4 is 17.7 Å². The van der Waals surface area contributed by atoms with Crippen molar-refractivity contribution < 1.29 is 14.3 Å². The summed E-state index contributed by atoms with van der Waals surface area (Å²) in [4.78, 5) is 23.1. The van der Waals surface area contributed by atoms with Crippen molar-refractivity contribution in [2.75, 3.05) is 13.7 Å². The first-order valence-electron chi connectivity index (χ1n) is 7.91. The van der Waals surface area contributed by atoms with Gasteiger partial charge in [-0.15, -0.1) is 0 Å². The van der Waals surface area contributed by atoms with E-state index in [1.165, 1.54) is 7.11 Å². The van der Waals surface area contributed by atoms with Crippen LogP contribution in [0.15, 0.2) is 48.5 Å². The number of hydrogen-bond acceptors (Lipinski definition) is 4. The van der Waals surface area contributed by atoms with Gasteiger partial charge in [-0.3, -0.25) is 15.0 Å². The molecule has 1 amide bonds. The van der Waals surface area contributed by atoms with E-state index in [1.807, 2.05) is 24.3 Å². The van der Waals surface area contributed by atoms with Crippen LogP contribution in [0.3, 0.4) is 0 Å². The Labute approximate surface area is 146 Å². The summed E-state index contributed by atoms with van der Waals surface area (Å²) in [6.07, 6.45) is 0.824. The van der Waals surface area contributed by atoms with Gasteiger partial charge in [0.1, 0.15) is 5.84 Å². The van der Waals surface area contributed by atoms with Crippen LogP contribution in [0.5, 0.6) is 0 Å². The van der Waals surface area contributed by atoms with Crippen molar-refractivity contribution in [3.63, 3.8) is 0 Å².